The van der Waals surface area contributed by atoms with Crippen LogP contribution in [0, 0.1) is 5.41 Å². The Morgan fingerprint density at radius 1 is 1.05 bits per heavy atom. The molecule has 3 heterocycles. The molecule has 2 aliphatic heterocycles. The molecule has 2 N–H and O–H groups in total. The van der Waals surface area contributed by atoms with E-state index in [1.807, 2.05) is 81.6 Å². The van der Waals surface area contributed by atoms with Gasteiger partial charge in [0.25, 0.3) is 0 Å². The normalized spacial score (nSPS) is 25.1. The molecule has 0 radical (unpaired) electrons. The van der Waals surface area contributed by atoms with E-state index in [1.165, 1.54) is 4.90 Å². The smallest absolute Gasteiger partial charge is 0.248 e. The van der Waals surface area contributed by atoms with Crippen LogP contribution in [-0.2, 0) is 9.59 Å². The van der Waals surface area contributed by atoms with Gasteiger partial charge in [-0.15, -0.1) is 5.10 Å². The number of fused-ring (bicyclic) bond motifs is 1. The number of nitrogens with one attached hydrogen (secondary N) is 1. The first kappa shape index (κ1) is 26.5. The zero-order valence-electron chi connectivity index (χ0n) is 23.2. The lowest BCUT2D eigenvalue weighted by atomic mass is 9.85. The number of nitrogens with zero attached hydrogens (tertiary/aromatic N) is 4. The standard InChI is InChI=1S/C31H37N5O4/c1-31(2,3)28(36-18-24(33-34-36)19-13-14-19)30(39)35-17-21(37)15-25(35)29(38)32-23-16-27(20-9-5-4-6-10-20)40-26-12-8-7-11-22(23)26/h4-12,18-19,21,23,25,27-28,37H,13-17H2,1-3H3,(H,32,38)/t21-,23?,25+,27?,28-/m1/s1. The average molecular weight is 544 g/mol. The Balaban J connectivity index is 1.24. The maximum Gasteiger partial charge on any atom is 0.248 e. The molecule has 0 bridgehead atoms. The molecule has 2 aromatic carbocycles. The number of hydrogen-bond donors (Lipinski definition) is 2. The van der Waals surface area contributed by atoms with Crippen molar-refractivity contribution in [2.45, 2.75) is 82.7 Å². The lowest BCUT2D eigenvalue weighted by Gasteiger charge is -2.36. The fraction of sp³-hybridized carbons (Fsp3) is 0.484. The van der Waals surface area contributed by atoms with Gasteiger partial charge in [-0.05, 0) is 29.9 Å². The molecule has 1 saturated heterocycles. The Hall–Kier alpha value is -3.72. The predicted octanol–water partition coefficient (Wildman–Crippen LogP) is 4.09. The zero-order valence-corrected chi connectivity index (χ0v) is 23.2. The highest BCUT2D eigenvalue weighted by atomic mass is 16.5. The number of ether oxygens (including phenoxy) is 1. The minimum Gasteiger partial charge on any atom is -0.485 e. The molecule has 40 heavy (non-hydrogen) atoms. The second-order valence-electron chi connectivity index (χ2n) is 12.4. The Morgan fingerprint density at radius 3 is 2.50 bits per heavy atom. The number of rotatable bonds is 6. The molecule has 2 fully saturated rings. The first-order chi connectivity index (χ1) is 19.2. The molecule has 0 spiro atoms. The van der Waals surface area contributed by atoms with E-state index >= 15 is 0 Å². The quantitative estimate of drug-likeness (QED) is 0.485. The first-order valence-corrected chi connectivity index (χ1v) is 14.2. The van der Waals surface area contributed by atoms with Crippen LogP contribution in [-0.4, -0.2) is 55.5 Å². The van der Waals surface area contributed by atoms with Crippen LogP contribution in [0.3, 0.4) is 0 Å². The summed E-state index contributed by atoms with van der Waals surface area (Å²) < 4.78 is 7.95. The predicted molar refractivity (Wildman–Crippen MR) is 148 cm³/mol. The molecule has 210 valence electrons. The average Bonchev–Trinajstić information content (AvgIpc) is 3.54. The molecule has 3 aromatic rings. The Labute approximate surface area is 234 Å². The number of benzene rings is 2. The number of aromatic nitrogens is 3. The van der Waals surface area contributed by atoms with E-state index in [2.05, 4.69) is 15.6 Å². The summed E-state index contributed by atoms with van der Waals surface area (Å²) in [5, 5.41) is 22.5. The number of hydrogen-bond acceptors (Lipinski definition) is 6. The summed E-state index contributed by atoms with van der Waals surface area (Å²) in [5.74, 6) is 0.644. The Kier molecular flexibility index (Phi) is 6.86. The third kappa shape index (κ3) is 5.22. The Morgan fingerprint density at radius 2 is 1.77 bits per heavy atom. The minimum atomic E-state index is -0.788. The largest absolute Gasteiger partial charge is 0.485 e. The maximum atomic E-state index is 14.1. The van der Waals surface area contributed by atoms with Crippen LogP contribution in [0.1, 0.15) is 87.4 Å². The fourth-order valence-corrected chi connectivity index (χ4v) is 6.02. The number of aliphatic hydroxyl groups excluding tert-OH is 1. The second-order valence-corrected chi connectivity index (χ2v) is 12.4. The number of amides is 2. The van der Waals surface area contributed by atoms with Gasteiger partial charge in [0.05, 0.1) is 17.8 Å². The lowest BCUT2D eigenvalue weighted by Crippen LogP contribution is -2.51. The van der Waals surface area contributed by atoms with E-state index in [0.717, 1.165) is 35.4 Å². The van der Waals surface area contributed by atoms with Crippen LogP contribution in [0.25, 0.3) is 0 Å². The molecule has 5 atom stereocenters. The third-order valence-electron chi connectivity index (χ3n) is 8.21. The van der Waals surface area contributed by atoms with Gasteiger partial charge in [-0.3, -0.25) is 9.59 Å². The first-order valence-electron chi connectivity index (χ1n) is 14.2. The van der Waals surface area contributed by atoms with Gasteiger partial charge in [0.2, 0.25) is 11.8 Å². The van der Waals surface area contributed by atoms with Crippen LogP contribution in [0.5, 0.6) is 5.75 Å². The van der Waals surface area contributed by atoms with Crippen molar-refractivity contribution in [3.05, 3.63) is 77.6 Å². The molecule has 3 aliphatic rings. The molecule has 2 unspecified atom stereocenters. The minimum absolute atomic E-state index is 0.102. The number of β-amino-alcohol motifs (C(OH)–C–C–N with tert-alkyl or cyclic N) is 1. The lowest BCUT2D eigenvalue weighted by molar-refractivity contribution is -0.144. The van der Waals surface area contributed by atoms with E-state index in [-0.39, 0.29) is 36.9 Å². The molecular formula is C31H37N5O4. The molecule has 2 amide bonds. The number of aliphatic hydroxyl groups is 1. The fourth-order valence-electron chi connectivity index (χ4n) is 6.02. The van der Waals surface area contributed by atoms with E-state index in [1.54, 1.807) is 4.68 Å². The number of carbonyl (C=O) groups excluding carboxylic acids is 2. The molecule has 6 rings (SSSR count). The van der Waals surface area contributed by atoms with Crippen molar-refractivity contribution in [3.63, 3.8) is 0 Å². The van der Waals surface area contributed by atoms with Gasteiger partial charge in [-0.2, -0.15) is 0 Å². The van der Waals surface area contributed by atoms with Crippen molar-refractivity contribution in [2.24, 2.45) is 5.41 Å². The molecular weight excluding hydrogens is 506 g/mol. The highest BCUT2D eigenvalue weighted by Gasteiger charge is 2.46. The number of likely N-dealkylation sites (tertiary alicyclic amines) is 1. The summed E-state index contributed by atoms with van der Waals surface area (Å²) in [5.41, 5.74) is 2.37. The van der Waals surface area contributed by atoms with Crippen molar-refractivity contribution in [1.29, 1.82) is 0 Å². The molecule has 1 aromatic heterocycles. The van der Waals surface area contributed by atoms with E-state index < -0.39 is 23.6 Å². The summed E-state index contributed by atoms with van der Waals surface area (Å²) in [6.07, 6.45) is 3.80. The van der Waals surface area contributed by atoms with E-state index in [9.17, 15) is 14.7 Å². The van der Waals surface area contributed by atoms with Crippen molar-refractivity contribution in [2.75, 3.05) is 6.54 Å². The summed E-state index contributed by atoms with van der Waals surface area (Å²) in [6.45, 7) is 6.06. The van der Waals surface area contributed by atoms with Gasteiger partial charge in [0, 0.05) is 37.1 Å². The highest BCUT2D eigenvalue weighted by molar-refractivity contribution is 5.90. The zero-order chi connectivity index (χ0) is 28.0. The van der Waals surface area contributed by atoms with Crippen LogP contribution in [0.4, 0.5) is 0 Å². The number of para-hydroxylation sites is 1. The summed E-state index contributed by atoms with van der Waals surface area (Å²) >= 11 is 0. The van der Waals surface area contributed by atoms with Gasteiger partial charge in [0.15, 0.2) is 0 Å². The van der Waals surface area contributed by atoms with Gasteiger partial charge in [-0.25, -0.2) is 4.68 Å². The maximum absolute atomic E-state index is 14.1. The summed E-state index contributed by atoms with van der Waals surface area (Å²) in [7, 11) is 0. The van der Waals surface area contributed by atoms with Crippen LogP contribution in [0.15, 0.2) is 60.8 Å². The number of carbonyl (C=O) groups is 2. The molecule has 9 heteroatoms. The van der Waals surface area contributed by atoms with Crippen LogP contribution in [0.2, 0.25) is 0 Å². The topological polar surface area (TPSA) is 110 Å². The molecule has 1 saturated carbocycles. The molecule has 9 nitrogen and oxygen atoms in total. The van der Waals surface area contributed by atoms with Crippen molar-refractivity contribution in [1.82, 2.24) is 25.2 Å². The van der Waals surface area contributed by atoms with Crippen molar-refractivity contribution in [3.8, 4) is 5.75 Å². The SMILES string of the molecule is CC(C)(C)[C@@H](C(=O)N1C[C@H](O)C[C@H]1C(=O)NC1CC(c2ccccc2)Oc2ccccc21)n1cc(C2CC2)nn1. The van der Waals surface area contributed by atoms with Gasteiger partial charge >= 0.3 is 0 Å². The van der Waals surface area contributed by atoms with E-state index in [4.69, 9.17) is 4.74 Å². The van der Waals surface area contributed by atoms with Gasteiger partial charge in [-0.1, -0.05) is 74.5 Å². The van der Waals surface area contributed by atoms with Crippen molar-refractivity contribution < 1.29 is 19.4 Å². The van der Waals surface area contributed by atoms with Crippen molar-refractivity contribution >= 4 is 11.8 Å². The van der Waals surface area contributed by atoms with E-state index in [0.29, 0.717) is 12.3 Å². The third-order valence-corrected chi connectivity index (χ3v) is 8.21. The summed E-state index contributed by atoms with van der Waals surface area (Å²) in [6, 6.07) is 16.0. The van der Waals surface area contributed by atoms with Crippen LogP contribution < -0.4 is 10.1 Å². The van der Waals surface area contributed by atoms with Gasteiger partial charge in [0.1, 0.15) is 23.9 Å². The van der Waals surface area contributed by atoms with Gasteiger partial charge < -0.3 is 20.1 Å². The Bertz CT molecular complexity index is 1380. The monoisotopic (exact) mass is 543 g/mol. The second kappa shape index (κ2) is 10.4. The van der Waals surface area contributed by atoms with Crippen LogP contribution >= 0.6 is 0 Å². The highest BCUT2D eigenvalue weighted by Crippen LogP contribution is 2.42. The molecule has 1 aliphatic carbocycles. The summed E-state index contributed by atoms with van der Waals surface area (Å²) in [4.78, 5) is 29.5.